The second-order valence-corrected chi connectivity index (χ2v) is 6.51. The van der Waals surface area contributed by atoms with E-state index in [0.29, 0.717) is 11.3 Å². The maximum atomic E-state index is 12.8. The third-order valence-electron chi connectivity index (χ3n) is 4.64. The molecule has 1 aromatic rings. The summed E-state index contributed by atoms with van der Waals surface area (Å²) < 4.78 is 5.94. The van der Waals surface area contributed by atoms with Gasteiger partial charge in [0.15, 0.2) is 0 Å². The molecule has 5 nitrogen and oxygen atoms in total. The Kier molecular flexibility index (Phi) is 4.55. The summed E-state index contributed by atoms with van der Waals surface area (Å²) in [5.74, 6) is -0.496. The number of benzene rings is 1. The number of carboxylic acid groups (broad SMARTS) is 1. The summed E-state index contributed by atoms with van der Waals surface area (Å²) in [4.78, 5) is 25.6. The van der Waals surface area contributed by atoms with E-state index in [4.69, 9.17) is 4.74 Å². The lowest BCUT2D eigenvalue weighted by molar-refractivity contribution is -0.141. The number of ether oxygens (including phenoxy) is 1. The fraction of sp³-hybridized carbons (Fsp3) is 0.556. The Morgan fingerprint density at radius 1 is 1.22 bits per heavy atom. The highest BCUT2D eigenvalue weighted by Gasteiger charge is 2.38. The van der Waals surface area contributed by atoms with Crippen LogP contribution in [-0.4, -0.2) is 40.1 Å². The van der Waals surface area contributed by atoms with Crippen molar-refractivity contribution in [3.63, 3.8) is 0 Å². The van der Waals surface area contributed by atoms with Crippen LogP contribution < -0.4 is 4.74 Å². The highest BCUT2D eigenvalue weighted by molar-refractivity contribution is 5.97. The summed E-state index contributed by atoms with van der Waals surface area (Å²) in [6.07, 6.45) is 6.48. The average molecular weight is 317 g/mol. The first-order valence-electron chi connectivity index (χ1n) is 8.38. The summed E-state index contributed by atoms with van der Waals surface area (Å²) in [5.41, 5.74) is 0.500. The normalized spacial score (nSPS) is 19.3. The number of carbonyl (C=O) groups excluding carboxylic acids is 1. The minimum absolute atomic E-state index is 0.0491. The molecule has 3 rings (SSSR count). The molecule has 23 heavy (non-hydrogen) atoms. The van der Waals surface area contributed by atoms with Gasteiger partial charge in [-0.2, -0.15) is 0 Å². The summed E-state index contributed by atoms with van der Waals surface area (Å²) in [6.45, 7) is 1.57. The molecule has 0 saturated heterocycles. The number of hydrogen-bond acceptors (Lipinski definition) is 3. The molecule has 0 bridgehead atoms. The number of amides is 1. The highest BCUT2D eigenvalue weighted by atomic mass is 16.5. The average Bonchev–Trinajstić information content (AvgIpc) is 3.24. The molecule has 0 aliphatic heterocycles. The van der Waals surface area contributed by atoms with E-state index in [0.717, 1.165) is 25.7 Å². The summed E-state index contributed by atoms with van der Waals surface area (Å²) >= 11 is 0. The van der Waals surface area contributed by atoms with Crippen LogP contribution in [0.1, 0.15) is 55.8 Å². The van der Waals surface area contributed by atoms with Gasteiger partial charge in [-0.25, -0.2) is 4.79 Å². The topological polar surface area (TPSA) is 66.8 Å². The number of carboxylic acids is 1. The highest BCUT2D eigenvalue weighted by Crippen LogP contribution is 2.31. The zero-order valence-corrected chi connectivity index (χ0v) is 13.4. The van der Waals surface area contributed by atoms with Gasteiger partial charge in [0.1, 0.15) is 11.8 Å². The predicted molar refractivity (Wildman–Crippen MR) is 85.6 cm³/mol. The Morgan fingerprint density at radius 3 is 2.52 bits per heavy atom. The molecule has 5 heteroatoms. The van der Waals surface area contributed by atoms with E-state index in [9.17, 15) is 14.7 Å². The third kappa shape index (κ3) is 3.66. The summed E-state index contributed by atoms with van der Waals surface area (Å²) in [6, 6.07) is 6.37. The molecular formula is C18H23NO4. The molecule has 1 atom stereocenters. The van der Waals surface area contributed by atoms with Crippen LogP contribution in [0.3, 0.4) is 0 Å². The lowest BCUT2D eigenvalue weighted by atomic mass is 10.1. The molecule has 0 heterocycles. The van der Waals surface area contributed by atoms with E-state index in [1.165, 1.54) is 17.7 Å². The molecule has 1 aromatic carbocycles. The number of rotatable bonds is 6. The number of aliphatic carboxylic acids is 1. The smallest absolute Gasteiger partial charge is 0.326 e. The fourth-order valence-electron chi connectivity index (χ4n) is 3.18. The number of nitrogens with zero attached hydrogens (tertiary/aromatic N) is 1. The van der Waals surface area contributed by atoms with Crippen LogP contribution in [0.25, 0.3) is 0 Å². The Balaban J connectivity index is 1.76. The first kappa shape index (κ1) is 15.8. The molecule has 0 aromatic heterocycles. The van der Waals surface area contributed by atoms with Crippen molar-refractivity contribution in [1.82, 2.24) is 4.90 Å². The van der Waals surface area contributed by atoms with Crippen molar-refractivity contribution < 1.29 is 19.4 Å². The standard InChI is InChI=1S/C18H23NO4/c1-12(18(21)22)19(14-9-10-14)17(20)13-5-4-8-16(11-13)23-15-6-2-3-7-15/h4-5,8,11-12,14-15H,2-3,6-7,9-10H2,1H3,(H,21,22). The molecule has 2 saturated carbocycles. The zero-order valence-electron chi connectivity index (χ0n) is 13.4. The van der Waals surface area contributed by atoms with E-state index in [2.05, 4.69) is 0 Å². The minimum atomic E-state index is -0.969. The maximum absolute atomic E-state index is 12.8. The van der Waals surface area contributed by atoms with Gasteiger partial charge >= 0.3 is 5.97 Å². The van der Waals surface area contributed by atoms with E-state index in [1.807, 2.05) is 6.07 Å². The van der Waals surface area contributed by atoms with Crippen molar-refractivity contribution in [3.05, 3.63) is 29.8 Å². The van der Waals surface area contributed by atoms with Crippen LogP contribution in [0.5, 0.6) is 5.75 Å². The Labute approximate surface area is 136 Å². The zero-order chi connectivity index (χ0) is 16.4. The maximum Gasteiger partial charge on any atom is 0.326 e. The van der Waals surface area contributed by atoms with Crippen LogP contribution in [-0.2, 0) is 4.79 Å². The number of carbonyl (C=O) groups is 2. The van der Waals surface area contributed by atoms with Gasteiger partial charge in [-0.05, 0) is 63.6 Å². The molecule has 1 unspecified atom stereocenters. The van der Waals surface area contributed by atoms with Crippen LogP contribution >= 0.6 is 0 Å². The van der Waals surface area contributed by atoms with Gasteiger partial charge in [-0.15, -0.1) is 0 Å². The van der Waals surface area contributed by atoms with Crippen molar-refractivity contribution in [2.75, 3.05) is 0 Å². The first-order chi connectivity index (χ1) is 11.1. The van der Waals surface area contributed by atoms with Crippen molar-refractivity contribution in [2.24, 2.45) is 0 Å². The fourth-order valence-corrected chi connectivity index (χ4v) is 3.18. The van der Waals surface area contributed by atoms with Crippen LogP contribution in [0.4, 0.5) is 0 Å². The monoisotopic (exact) mass is 317 g/mol. The van der Waals surface area contributed by atoms with Gasteiger partial charge in [0.05, 0.1) is 6.10 Å². The van der Waals surface area contributed by atoms with E-state index in [1.54, 1.807) is 25.1 Å². The van der Waals surface area contributed by atoms with Crippen molar-refractivity contribution in [3.8, 4) is 5.75 Å². The van der Waals surface area contributed by atoms with Gasteiger partial charge in [0.25, 0.3) is 5.91 Å². The quantitative estimate of drug-likeness (QED) is 0.875. The van der Waals surface area contributed by atoms with Gasteiger partial charge in [-0.3, -0.25) is 4.79 Å². The van der Waals surface area contributed by atoms with Crippen molar-refractivity contribution >= 4 is 11.9 Å². The van der Waals surface area contributed by atoms with Gasteiger partial charge in [0.2, 0.25) is 0 Å². The summed E-state index contributed by atoms with van der Waals surface area (Å²) in [7, 11) is 0. The Hall–Kier alpha value is -2.04. The first-order valence-corrected chi connectivity index (χ1v) is 8.38. The van der Waals surface area contributed by atoms with E-state index >= 15 is 0 Å². The van der Waals surface area contributed by atoms with Crippen LogP contribution in [0, 0.1) is 0 Å². The molecule has 2 fully saturated rings. The van der Waals surface area contributed by atoms with E-state index < -0.39 is 12.0 Å². The predicted octanol–water partition coefficient (Wildman–Crippen LogP) is 3.09. The number of hydrogen-bond donors (Lipinski definition) is 1. The van der Waals surface area contributed by atoms with Gasteiger partial charge in [-0.1, -0.05) is 6.07 Å². The second-order valence-electron chi connectivity index (χ2n) is 6.51. The Morgan fingerprint density at radius 2 is 1.91 bits per heavy atom. The van der Waals surface area contributed by atoms with Crippen molar-refractivity contribution in [2.45, 2.75) is 63.6 Å². The second kappa shape index (κ2) is 6.60. The molecule has 0 radical (unpaired) electrons. The largest absolute Gasteiger partial charge is 0.490 e. The van der Waals surface area contributed by atoms with E-state index in [-0.39, 0.29) is 18.1 Å². The van der Waals surface area contributed by atoms with Crippen LogP contribution in [0.2, 0.25) is 0 Å². The summed E-state index contributed by atoms with van der Waals surface area (Å²) in [5, 5.41) is 9.25. The lowest BCUT2D eigenvalue weighted by Crippen LogP contribution is -2.44. The third-order valence-corrected chi connectivity index (χ3v) is 4.64. The SMILES string of the molecule is CC(C(=O)O)N(C(=O)c1cccc(OC2CCCC2)c1)C1CC1. The minimum Gasteiger partial charge on any atom is -0.490 e. The van der Waals surface area contributed by atoms with Gasteiger partial charge < -0.3 is 14.7 Å². The molecule has 1 N–H and O–H groups in total. The molecule has 1 amide bonds. The van der Waals surface area contributed by atoms with Crippen molar-refractivity contribution in [1.29, 1.82) is 0 Å². The molecule has 2 aliphatic rings. The molecular weight excluding hydrogens is 294 g/mol. The lowest BCUT2D eigenvalue weighted by Gasteiger charge is -2.26. The molecule has 0 spiro atoms. The van der Waals surface area contributed by atoms with Crippen LogP contribution in [0.15, 0.2) is 24.3 Å². The molecule has 124 valence electrons. The Bertz CT molecular complexity index is 590. The molecule has 2 aliphatic carbocycles. The van der Waals surface area contributed by atoms with Gasteiger partial charge in [0, 0.05) is 11.6 Å².